The molecule has 0 spiro atoms. The fourth-order valence-corrected chi connectivity index (χ4v) is 4.03. The molecular weight excluding hydrogens is 366 g/mol. The van der Waals surface area contributed by atoms with E-state index < -0.39 is 0 Å². The van der Waals surface area contributed by atoms with Crippen molar-refractivity contribution in [1.82, 2.24) is 5.32 Å². The molecule has 1 aliphatic carbocycles. The van der Waals surface area contributed by atoms with E-state index in [1.165, 1.54) is 0 Å². The van der Waals surface area contributed by atoms with Gasteiger partial charge in [0.15, 0.2) is 12.4 Å². The molecular formula is C24H29NO4. The molecule has 0 aromatic heterocycles. The van der Waals surface area contributed by atoms with E-state index in [2.05, 4.69) is 26.1 Å². The molecule has 5 nitrogen and oxygen atoms in total. The Hall–Kier alpha value is -2.82. The van der Waals surface area contributed by atoms with Crippen molar-refractivity contribution in [2.75, 3.05) is 13.7 Å². The third-order valence-corrected chi connectivity index (χ3v) is 5.51. The lowest BCUT2D eigenvalue weighted by atomic mass is 9.96. The topological polar surface area (TPSA) is 64.6 Å². The molecule has 0 fully saturated rings. The fraction of sp³-hybridized carbons (Fsp3) is 0.417. The van der Waals surface area contributed by atoms with E-state index >= 15 is 0 Å². The van der Waals surface area contributed by atoms with Crippen LogP contribution < -0.4 is 14.8 Å². The molecule has 2 atom stereocenters. The van der Waals surface area contributed by atoms with Gasteiger partial charge in [-0.1, -0.05) is 39.0 Å². The molecule has 2 aromatic rings. The maximum absolute atomic E-state index is 12.6. The van der Waals surface area contributed by atoms with Crippen LogP contribution in [0.3, 0.4) is 0 Å². The average molecular weight is 395 g/mol. The summed E-state index contributed by atoms with van der Waals surface area (Å²) in [6.07, 6.45) is 0.496. The van der Waals surface area contributed by atoms with Gasteiger partial charge in [-0.2, -0.15) is 0 Å². The summed E-state index contributed by atoms with van der Waals surface area (Å²) in [6.45, 7) is 8.05. The molecule has 0 aliphatic heterocycles. The van der Waals surface area contributed by atoms with E-state index in [4.69, 9.17) is 9.47 Å². The fourth-order valence-electron chi connectivity index (χ4n) is 4.03. The maximum Gasteiger partial charge on any atom is 0.258 e. The van der Waals surface area contributed by atoms with E-state index in [9.17, 15) is 9.59 Å². The van der Waals surface area contributed by atoms with Crippen LogP contribution in [0.5, 0.6) is 11.5 Å². The van der Waals surface area contributed by atoms with Crippen molar-refractivity contribution in [2.24, 2.45) is 5.92 Å². The summed E-state index contributed by atoms with van der Waals surface area (Å²) in [5.74, 6) is 1.55. The SMILES string of the molecule is COc1ccc(C(NC(=O)COc2ccc(C)c3c2C(=O)CC3C)C(C)C)cc1. The summed E-state index contributed by atoms with van der Waals surface area (Å²) in [6, 6.07) is 11.3. The van der Waals surface area contributed by atoms with E-state index in [0.717, 1.165) is 22.4 Å². The average Bonchev–Trinajstić information content (AvgIpc) is 3.00. The minimum Gasteiger partial charge on any atom is -0.497 e. The van der Waals surface area contributed by atoms with Gasteiger partial charge in [0.1, 0.15) is 11.5 Å². The first kappa shape index (κ1) is 20.9. The molecule has 2 unspecified atom stereocenters. The number of amides is 1. The third kappa shape index (κ3) is 4.44. The van der Waals surface area contributed by atoms with Crippen LogP contribution in [0.2, 0.25) is 0 Å². The zero-order chi connectivity index (χ0) is 21.1. The molecule has 154 valence electrons. The second kappa shape index (κ2) is 8.68. The summed E-state index contributed by atoms with van der Waals surface area (Å²) in [5, 5.41) is 3.05. The van der Waals surface area contributed by atoms with Crippen LogP contribution in [0.1, 0.15) is 66.2 Å². The van der Waals surface area contributed by atoms with Crippen LogP contribution in [-0.4, -0.2) is 25.4 Å². The molecule has 1 N–H and O–H groups in total. The summed E-state index contributed by atoms with van der Waals surface area (Å²) in [4.78, 5) is 25.0. The molecule has 0 radical (unpaired) electrons. The molecule has 5 heteroatoms. The van der Waals surface area contributed by atoms with Crippen molar-refractivity contribution in [3.8, 4) is 11.5 Å². The van der Waals surface area contributed by atoms with E-state index in [1.54, 1.807) is 13.2 Å². The predicted octanol–water partition coefficient (Wildman–Crippen LogP) is 4.59. The molecule has 0 saturated heterocycles. The molecule has 3 rings (SSSR count). The lowest BCUT2D eigenvalue weighted by Gasteiger charge is -2.23. The maximum atomic E-state index is 12.6. The largest absolute Gasteiger partial charge is 0.497 e. The summed E-state index contributed by atoms with van der Waals surface area (Å²) in [5.41, 5.74) is 3.79. The van der Waals surface area contributed by atoms with Crippen LogP contribution in [0.15, 0.2) is 36.4 Å². The summed E-state index contributed by atoms with van der Waals surface area (Å²) in [7, 11) is 1.63. The monoisotopic (exact) mass is 395 g/mol. The highest BCUT2D eigenvalue weighted by Crippen LogP contribution is 2.40. The quantitative estimate of drug-likeness (QED) is 0.745. The molecule has 0 bridgehead atoms. The molecule has 0 heterocycles. The van der Waals surface area contributed by atoms with Crippen molar-refractivity contribution < 1.29 is 19.1 Å². The van der Waals surface area contributed by atoms with Crippen LogP contribution in [0.25, 0.3) is 0 Å². The van der Waals surface area contributed by atoms with Crippen molar-refractivity contribution in [2.45, 2.75) is 46.1 Å². The zero-order valence-electron chi connectivity index (χ0n) is 17.7. The van der Waals surface area contributed by atoms with E-state index in [0.29, 0.717) is 17.7 Å². The van der Waals surface area contributed by atoms with Crippen molar-refractivity contribution in [3.05, 3.63) is 58.7 Å². The first-order chi connectivity index (χ1) is 13.8. The van der Waals surface area contributed by atoms with Crippen LogP contribution >= 0.6 is 0 Å². The number of carbonyl (C=O) groups excluding carboxylic acids is 2. The second-order valence-electron chi connectivity index (χ2n) is 8.05. The third-order valence-electron chi connectivity index (χ3n) is 5.51. The van der Waals surface area contributed by atoms with Gasteiger partial charge < -0.3 is 14.8 Å². The Balaban J connectivity index is 1.70. The number of carbonyl (C=O) groups is 2. The second-order valence-corrected chi connectivity index (χ2v) is 8.05. The number of hydrogen-bond acceptors (Lipinski definition) is 4. The highest BCUT2D eigenvalue weighted by Gasteiger charge is 2.31. The van der Waals surface area contributed by atoms with E-state index in [1.807, 2.05) is 37.3 Å². The zero-order valence-corrected chi connectivity index (χ0v) is 17.7. The Morgan fingerprint density at radius 2 is 1.86 bits per heavy atom. The van der Waals surface area contributed by atoms with Crippen molar-refractivity contribution >= 4 is 11.7 Å². The molecule has 1 amide bonds. The summed E-state index contributed by atoms with van der Waals surface area (Å²) < 4.78 is 11.0. The van der Waals surface area contributed by atoms with Crippen LogP contribution in [0, 0.1) is 12.8 Å². The lowest BCUT2D eigenvalue weighted by molar-refractivity contribution is -0.124. The van der Waals surface area contributed by atoms with Gasteiger partial charge in [-0.15, -0.1) is 0 Å². The number of aryl methyl sites for hydroxylation is 1. The van der Waals surface area contributed by atoms with Gasteiger partial charge in [-0.25, -0.2) is 0 Å². The lowest BCUT2D eigenvalue weighted by Crippen LogP contribution is -2.35. The minimum atomic E-state index is -0.215. The van der Waals surface area contributed by atoms with E-state index in [-0.39, 0.29) is 36.2 Å². The number of hydrogen-bond donors (Lipinski definition) is 1. The van der Waals surface area contributed by atoms with Gasteiger partial charge in [0.2, 0.25) is 0 Å². The number of methoxy groups -OCH3 is 1. The standard InChI is InChI=1S/C24H29NO4/c1-14(2)24(17-7-9-18(28-5)10-8-17)25-21(27)13-29-20-11-6-15(3)22-16(4)12-19(26)23(20)22/h6-11,14,16,24H,12-13H2,1-5H3,(H,25,27). The molecule has 2 aromatic carbocycles. The van der Waals surface area contributed by atoms with Gasteiger partial charge in [-0.3, -0.25) is 9.59 Å². The number of ether oxygens (including phenoxy) is 2. The number of rotatable bonds is 7. The van der Waals surface area contributed by atoms with Gasteiger partial charge in [-0.05, 0) is 53.6 Å². The Morgan fingerprint density at radius 3 is 2.48 bits per heavy atom. The van der Waals surface area contributed by atoms with Gasteiger partial charge >= 0.3 is 0 Å². The van der Waals surface area contributed by atoms with Gasteiger partial charge in [0.25, 0.3) is 5.91 Å². The molecule has 0 saturated carbocycles. The molecule has 29 heavy (non-hydrogen) atoms. The van der Waals surface area contributed by atoms with Crippen LogP contribution in [-0.2, 0) is 4.79 Å². The smallest absolute Gasteiger partial charge is 0.258 e. The summed E-state index contributed by atoms with van der Waals surface area (Å²) >= 11 is 0. The van der Waals surface area contributed by atoms with Crippen molar-refractivity contribution in [3.63, 3.8) is 0 Å². The predicted molar refractivity (Wildman–Crippen MR) is 113 cm³/mol. The Morgan fingerprint density at radius 1 is 1.17 bits per heavy atom. The Kier molecular flexibility index (Phi) is 6.26. The first-order valence-electron chi connectivity index (χ1n) is 10.0. The normalized spacial score (nSPS) is 16.5. The highest BCUT2D eigenvalue weighted by molar-refractivity contribution is 6.04. The number of benzene rings is 2. The van der Waals surface area contributed by atoms with Gasteiger partial charge in [0, 0.05) is 6.42 Å². The molecule has 1 aliphatic rings. The number of ketones is 1. The Bertz CT molecular complexity index is 902. The number of nitrogens with one attached hydrogen (secondary N) is 1. The highest BCUT2D eigenvalue weighted by atomic mass is 16.5. The number of fused-ring (bicyclic) bond motifs is 1. The Labute approximate surface area is 172 Å². The first-order valence-corrected chi connectivity index (χ1v) is 10.0. The number of Topliss-reactive ketones (excluding diaryl/α,β-unsaturated/α-hetero) is 1. The van der Waals surface area contributed by atoms with Crippen LogP contribution in [0.4, 0.5) is 0 Å². The minimum absolute atomic E-state index is 0.0879. The van der Waals surface area contributed by atoms with Crippen molar-refractivity contribution in [1.29, 1.82) is 0 Å². The van der Waals surface area contributed by atoms with Gasteiger partial charge in [0.05, 0.1) is 18.7 Å².